The van der Waals surface area contributed by atoms with Crippen LogP contribution in [0.2, 0.25) is 0 Å². The Morgan fingerprint density at radius 1 is 1.36 bits per heavy atom. The van der Waals surface area contributed by atoms with Gasteiger partial charge < -0.3 is 20.8 Å². The summed E-state index contributed by atoms with van der Waals surface area (Å²) in [5.74, 6) is -0.286. The Hall–Kier alpha value is -0.650. The minimum absolute atomic E-state index is 0.0851. The van der Waals surface area contributed by atoms with Gasteiger partial charge in [0.15, 0.2) is 0 Å². The van der Waals surface area contributed by atoms with Gasteiger partial charge in [0.05, 0.1) is 19.1 Å². The highest BCUT2D eigenvalue weighted by molar-refractivity contribution is 5.79. The number of nitrogens with zero attached hydrogens (tertiary/aromatic N) is 1. The zero-order chi connectivity index (χ0) is 11.0. The number of aliphatic hydroxyl groups is 2. The van der Waals surface area contributed by atoms with Crippen LogP contribution < -0.4 is 5.73 Å². The predicted molar refractivity (Wildman–Crippen MR) is 53.6 cm³/mol. The number of hydrogen-bond donors (Lipinski definition) is 3. The van der Waals surface area contributed by atoms with Gasteiger partial charge in [-0.1, -0.05) is 6.92 Å². The van der Waals surface area contributed by atoms with E-state index in [1.165, 1.54) is 4.90 Å². The van der Waals surface area contributed by atoms with Crippen LogP contribution in [0.25, 0.3) is 0 Å². The number of hydrogen-bond acceptors (Lipinski definition) is 4. The standard InChI is InChI=1S/C9H20N2O3/c1-2-8(7-10)9(14)11(3-5-12)4-6-13/h8,12-13H,2-7,10H2,1H3. The maximum Gasteiger partial charge on any atom is 0.227 e. The van der Waals surface area contributed by atoms with Crippen molar-refractivity contribution in [3.8, 4) is 0 Å². The summed E-state index contributed by atoms with van der Waals surface area (Å²) in [4.78, 5) is 13.2. The van der Waals surface area contributed by atoms with Gasteiger partial charge in [0.25, 0.3) is 0 Å². The van der Waals surface area contributed by atoms with E-state index in [0.29, 0.717) is 13.0 Å². The SMILES string of the molecule is CCC(CN)C(=O)N(CCO)CCO. The number of aliphatic hydroxyl groups excluding tert-OH is 2. The van der Waals surface area contributed by atoms with Crippen molar-refractivity contribution < 1.29 is 15.0 Å². The van der Waals surface area contributed by atoms with Crippen molar-refractivity contribution in [1.29, 1.82) is 0 Å². The summed E-state index contributed by atoms with van der Waals surface area (Å²) >= 11 is 0. The van der Waals surface area contributed by atoms with E-state index in [2.05, 4.69) is 0 Å². The van der Waals surface area contributed by atoms with Crippen LogP contribution in [0.3, 0.4) is 0 Å². The summed E-state index contributed by atoms with van der Waals surface area (Å²) in [5.41, 5.74) is 5.44. The van der Waals surface area contributed by atoms with E-state index in [9.17, 15) is 4.79 Å². The first-order valence-electron chi connectivity index (χ1n) is 4.91. The molecule has 0 aliphatic carbocycles. The number of nitrogens with two attached hydrogens (primary N) is 1. The molecule has 5 heteroatoms. The molecule has 0 saturated heterocycles. The van der Waals surface area contributed by atoms with Crippen LogP contribution in [0.4, 0.5) is 0 Å². The quantitative estimate of drug-likeness (QED) is 0.485. The normalized spacial score (nSPS) is 12.6. The molecule has 1 atom stereocenters. The molecule has 4 N–H and O–H groups in total. The molecule has 14 heavy (non-hydrogen) atoms. The number of carbonyl (C=O) groups is 1. The molecule has 0 aliphatic heterocycles. The maximum atomic E-state index is 11.7. The molecule has 0 spiro atoms. The van der Waals surface area contributed by atoms with Crippen LogP contribution in [0.15, 0.2) is 0 Å². The van der Waals surface area contributed by atoms with Gasteiger partial charge >= 0.3 is 0 Å². The zero-order valence-electron chi connectivity index (χ0n) is 8.65. The summed E-state index contributed by atoms with van der Waals surface area (Å²) in [6.45, 7) is 2.54. The molecule has 0 bridgehead atoms. The molecule has 0 heterocycles. The summed E-state index contributed by atoms with van der Waals surface area (Å²) in [6.07, 6.45) is 0.683. The predicted octanol–water partition coefficient (Wildman–Crippen LogP) is -1.22. The van der Waals surface area contributed by atoms with Crippen LogP contribution in [0.5, 0.6) is 0 Å². The highest BCUT2D eigenvalue weighted by Crippen LogP contribution is 2.05. The molecule has 1 unspecified atom stereocenters. The van der Waals surface area contributed by atoms with E-state index in [0.717, 1.165) is 0 Å². The van der Waals surface area contributed by atoms with Gasteiger partial charge in [-0.05, 0) is 6.42 Å². The Morgan fingerprint density at radius 2 is 1.86 bits per heavy atom. The molecule has 1 amide bonds. The Morgan fingerprint density at radius 3 is 2.14 bits per heavy atom. The van der Waals surface area contributed by atoms with Gasteiger partial charge in [0, 0.05) is 19.6 Å². The average Bonchev–Trinajstić information content (AvgIpc) is 2.19. The smallest absolute Gasteiger partial charge is 0.227 e. The molecule has 0 aromatic carbocycles. The van der Waals surface area contributed by atoms with Crippen molar-refractivity contribution >= 4 is 5.91 Å². The Labute approximate surface area is 84.5 Å². The van der Waals surface area contributed by atoms with Gasteiger partial charge in [0.1, 0.15) is 0 Å². The molecular formula is C9H20N2O3. The zero-order valence-corrected chi connectivity index (χ0v) is 8.65. The minimum atomic E-state index is -0.201. The molecule has 5 nitrogen and oxygen atoms in total. The molecule has 0 rings (SSSR count). The molecule has 84 valence electrons. The van der Waals surface area contributed by atoms with Crippen LogP contribution in [-0.4, -0.2) is 53.9 Å². The molecule has 0 saturated carbocycles. The number of rotatable bonds is 7. The van der Waals surface area contributed by atoms with Crippen LogP contribution in [0, 0.1) is 5.92 Å². The van der Waals surface area contributed by atoms with Gasteiger partial charge in [-0.3, -0.25) is 4.79 Å². The largest absolute Gasteiger partial charge is 0.395 e. The van der Waals surface area contributed by atoms with Crippen LogP contribution >= 0.6 is 0 Å². The summed E-state index contributed by atoms with van der Waals surface area (Å²) < 4.78 is 0. The van der Waals surface area contributed by atoms with E-state index in [1.54, 1.807) is 0 Å². The topological polar surface area (TPSA) is 86.8 Å². The Kier molecular flexibility index (Phi) is 7.37. The van der Waals surface area contributed by atoms with Crippen molar-refractivity contribution in [1.82, 2.24) is 4.90 Å². The summed E-state index contributed by atoms with van der Waals surface area (Å²) in [5, 5.41) is 17.5. The van der Waals surface area contributed by atoms with Crippen molar-refractivity contribution in [2.75, 3.05) is 32.8 Å². The molecule has 0 aromatic heterocycles. The second-order valence-electron chi connectivity index (χ2n) is 3.11. The average molecular weight is 204 g/mol. The van der Waals surface area contributed by atoms with Gasteiger partial charge in [0.2, 0.25) is 5.91 Å². The Bertz CT molecular complexity index is 154. The van der Waals surface area contributed by atoms with Crippen LogP contribution in [0.1, 0.15) is 13.3 Å². The van der Waals surface area contributed by atoms with Crippen molar-refractivity contribution in [3.05, 3.63) is 0 Å². The van der Waals surface area contributed by atoms with E-state index in [1.807, 2.05) is 6.92 Å². The summed E-state index contributed by atoms with van der Waals surface area (Å²) in [6, 6.07) is 0. The third-order valence-electron chi connectivity index (χ3n) is 2.18. The first-order valence-corrected chi connectivity index (χ1v) is 4.91. The van der Waals surface area contributed by atoms with Crippen molar-refractivity contribution in [2.24, 2.45) is 11.7 Å². The lowest BCUT2D eigenvalue weighted by atomic mass is 10.1. The second kappa shape index (κ2) is 7.73. The monoisotopic (exact) mass is 204 g/mol. The lowest BCUT2D eigenvalue weighted by Gasteiger charge is -2.24. The molecule has 0 radical (unpaired) electrons. The fourth-order valence-corrected chi connectivity index (χ4v) is 1.27. The number of amides is 1. The number of carbonyl (C=O) groups excluding carboxylic acids is 1. The summed E-state index contributed by atoms with van der Waals surface area (Å²) in [7, 11) is 0. The van der Waals surface area contributed by atoms with Crippen molar-refractivity contribution in [2.45, 2.75) is 13.3 Å². The van der Waals surface area contributed by atoms with E-state index in [4.69, 9.17) is 15.9 Å². The Balaban J connectivity index is 4.24. The lowest BCUT2D eigenvalue weighted by molar-refractivity contribution is -0.136. The van der Waals surface area contributed by atoms with E-state index < -0.39 is 0 Å². The fourth-order valence-electron chi connectivity index (χ4n) is 1.27. The van der Waals surface area contributed by atoms with Gasteiger partial charge in [-0.25, -0.2) is 0 Å². The lowest BCUT2D eigenvalue weighted by Crippen LogP contribution is -2.41. The first kappa shape index (κ1) is 13.4. The molecule has 0 aromatic rings. The minimum Gasteiger partial charge on any atom is -0.395 e. The maximum absolute atomic E-state index is 11.7. The first-order chi connectivity index (χ1) is 6.71. The highest BCUT2D eigenvalue weighted by atomic mass is 16.3. The van der Waals surface area contributed by atoms with E-state index >= 15 is 0 Å². The third kappa shape index (κ3) is 4.04. The van der Waals surface area contributed by atoms with Gasteiger partial charge in [-0.2, -0.15) is 0 Å². The van der Waals surface area contributed by atoms with Gasteiger partial charge in [-0.15, -0.1) is 0 Å². The molecular weight excluding hydrogens is 184 g/mol. The van der Waals surface area contributed by atoms with Crippen molar-refractivity contribution in [3.63, 3.8) is 0 Å². The fraction of sp³-hybridized carbons (Fsp3) is 0.889. The van der Waals surface area contributed by atoms with E-state index in [-0.39, 0.29) is 38.1 Å². The molecule has 0 fully saturated rings. The molecule has 0 aliphatic rings. The highest BCUT2D eigenvalue weighted by Gasteiger charge is 2.20. The second-order valence-corrected chi connectivity index (χ2v) is 3.11. The van der Waals surface area contributed by atoms with Crippen LogP contribution in [-0.2, 0) is 4.79 Å². The third-order valence-corrected chi connectivity index (χ3v) is 2.18.